The molecule has 7 N–H and O–H groups in total. The number of nitrogen functional groups attached to an aromatic ring is 1. The molecular weight excluding hydrogens is 352 g/mol. The van der Waals surface area contributed by atoms with Gasteiger partial charge in [0.1, 0.15) is 12.2 Å². The highest BCUT2D eigenvalue weighted by Gasteiger charge is 2.42. The van der Waals surface area contributed by atoms with Gasteiger partial charge in [-0.1, -0.05) is 5.04 Å². The highest BCUT2D eigenvalue weighted by atomic mass is 31.0. The highest BCUT2D eigenvalue weighted by Crippen LogP contribution is 2.31. The maximum Gasteiger partial charge on any atom is 0.312 e. The predicted molar refractivity (Wildman–Crippen MR) is 79.4 cm³/mol. The van der Waals surface area contributed by atoms with Crippen LogP contribution in [0, 0.1) is 6.08 Å². The number of anilines is 1. The molecule has 0 amide bonds. The van der Waals surface area contributed by atoms with E-state index in [0.29, 0.717) is 0 Å². The Kier molecular flexibility index (Phi) is 7.26. The summed E-state index contributed by atoms with van der Waals surface area (Å²) in [6, 6.07) is 0. The molecule has 1 aliphatic heterocycles. The molecule has 2 unspecified atom stereocenters. The van der Waals surface area contributed by atoms with Gasteiger partial charge in [-0.15, -0.1) is 0 Å². The topological polar surface area (TPSA) is 189 Å². The maximum atomic E-state index is 13.2. The fourth-order valence-corrected chi connectivity index (χ4v) is 2.15. The lowest BCUT2D eigenvalue weighted by Gasteiger charge is -2.16. The van der Waals surface area contributed by atoms with Crippen molar-refractivity contribution in [3.05, 3.63) is 12.4 Å². The van der Waals surface area contributed by atoms with Crippen LogP contribution in [0.4, 0.5) is 10.2 Å². The Balaban J connectivity index is 0.000000522. The number of halogens is 1. The van der Waals surface area contributed by atoms with Gasteiger partial charge in [0, 0.05) is 9.47 Å². The first-order valence-corrected chi connectivity index (χ1v) is 6.72. The van der Waals surface area contributed by atoms with Crippen molar-refractivity contribution in [2.24, 2.45) is 0 Å². The van der Waals surface area contributed by atoms with Crippen molar-refractivity contribution in [3.8, 4) is 0 Å². The highest BCUT2D eigenvalue weighted by molar-refractivity contribution is 7.09. The molecule has 0 spiro atoms. The zero-order valence-corrected chi connectivity index (χ0v) is 13.4. The van der Waals surface area contributed by atoms with Crippen LogP contribution >= 0.6 is 9.47 Å². The van der Waals surface area contributed by atoms with Crippen LogP contribution in [-0.4, -0.2) is 58.8 Å². The summed E-state index contributed by atoms with van der Waals surface area (Å²) in [6.07, 6.45) is -3.33. The molecule has 1 aliphatic rings. The molecule has 0 saturated carbocycles. The molecule has 2 aromatic heterocycles. The fraction of sp³-hybridized carbons (Fsp3) is 0.500. The smallest absolute Gasteiger partial charge is 0.312 e. The number of hydrogen-bond donors (Lipinski definition) is 4. The van der Waals surface area contributed by atoms with Gasteiger partial charge in [0.05, 0.1) is 12.4 Å². The van der Waals surface area contributed by atoms with Crippen LogP contribution in [0.1, 0.15) is 13.2 Å². The van der Waals surface area contributed by atoms with Crippen LogP contribution < -0.4 is 5.73 Å². The minimum absolute atomic E-state index is 0. The Labute approximate surface area is 136 Å². The monoisotopic (exact) mass is 369 g/mol. The van der Waals surface area contributed by atoms with Crippen molar-refractivity contribution in [3.63, 3.8) is 0 Å². The molecule has 0 aromatic carbocycles. The quantitative estimate of drug-likeness (QED) is 0.211. The molecule has 12 nitrogen and oxygen atoms in total. The average Bonchev–Trinajstić information content (AvgIpc) is 3.04. The number of ether oxygens (including phenoxy) is 1. The molecule has 1 fully saturated rings. The van der Waals surface area contributed by atoms with E-state index in [9.17, 15) is 14.6 Å². The molecule has 0 radical (unpaired) electrons. The summed E-state index contributed by atoms with van der Waals surface area (Å²) in [5.74, 6) is -0.0951. The normalized spacial score (nSPS) is 25.9. The number of nitrogens with zero attached hydrogens (tertiary/aromatic N) is 4. The second-order valence-corrected chi connectivity index (χ2v) is 4.78. The minimum atomic E-state index is -1.16. The Hall–Kier alpha value is -1.57. The largest absolute Gasteiger partial charge is 0.412 e. The van der Waals surface area contributed by atoms with E-state index < -0.39 is 30.6 Å². The Morgan fingerprint density at radius 1 is 1.38 bits per heavy atom. The summed E-state index contributed by atoms with van der Waals surface area (Å²) >= 11 is 0. The first-order valence-electron chi connectivity index (χ1n) is 6.24. The van der Waals surface area contributed by atoms with Crippen LogP contribution in [0.2, 0.25) is 0 Å². The number of aliphatic hydroxyl groups excluding tert-OH is 2. The molecule has 136 valence electrons. The van der Waals surface area contributed by atoms with Gasteiger partial charge >= 0.3 is 6.08 Å². The number of imidazole rings is 1. The summed E-state index contributed by atoms with van der Waals surface area (Å²) in [5.41, 5.74) is 5.86. The van der Waals surface area contributed by atoms with Crippen LogP contribution in [0.15, 0.2) is 6.33 Å². The summed E-state index contributed by atoms with van der Waals surface area (Å²) < 4.78 is 23.5. The molecule has 1 saturated heterocycles. The number of fused-ring (bicyclic) bond motifs is 1. The molecule has 14 heteroatoms. The number of rotatable bonds is 2. The van der Waals surface area contributed by atoms with E-state index >= 15 is 0 Å². The molecule has 0 aliphatic carbocycles. The Bertz CT molecular complexity index is 674. The van der Waals surface area contributed by atoms with Gasteiger partial charge in [-0.2, -0.15) is 19.0 Å². The van der Waals surface area contributed by atoms with Crippen molar-refractivity contribution in [1.82, 2.24) is 19.5 Å². The zero-order chi connectivity index (χ0) is 17.1. The molecular formula is C10H17FN5O7P. The van der Waals surface area contributed by atoms with Gasteiger partial charge in [-0.3, -0.25) is 4.57 Å². The van der Waals surface area contributed by atoms with E-state index in [1.54, 1.807) is 16.4 Å². The summed E-state index contributed by atoms with van der Waals surface area (Å²) in [7, 11) is 1.68. The number of aromatic nitrogens is 4. The van der Waals surface area contributed by atoms with E-state index in [1.165, 1.54) is 10.9 Å². The lowest BCUT2D eigenvalue weighted by molar-refractivity contribution is -0.433. The molecule has 0 bridgehead atoms. The molecule has 5 atom stereocenters. The molecule has 3 heterocycles. The molecule has 2 aromatic rings. The lowest BCUT2D eigenvalue weighted by Crippen LogP contribution is -2.30. The van der Waals surface area contributed by atoms with E-state index in [2.05, 4.69) is 24.7 Å². The minimum Gasteiger partial charge on any atom is -0.412 e. The van der Waals surface area contributed by atoms with Gasteiger partial charge in [0.15, 0.2) is 23.2 Å². The molecule has 3 rings (SSSR count). The first-order chi connectivity index (χ1) is 10.9. The Morgan fingerprint density at radius 3 is 2.50 bits per heavy atom. The van der Waals surface area contributed by atoms with Crippen molar-refractivity contribution in [2.45, 2.75) is 31.5 Å². The SMILES string of the molecule is C[C@H]1O[C@@H](n2cnc3c(N)nc(F)nc32)C(O)[C@H]1O.O.OOOP. The van der Waals surface area contributed by atoms with Crippen LogP contribution in [0.25, 0.3) is 11.2 Å². The van der Waals surface area contributed by atoms with Gasteiger partial charge < -0.3 is 26.2 Å². The van der Waals surface area contributed by atoms with Gasteiger partial charge in [0.2, 0.25) is 0 Å². The summed E-state index contributed by atoms with van der Waals surface area (Å²) in [4.78, 5) is 10.9. The van der Waals surface area contributed by atoms with Crippen molar-refractivity contribution in [2.75, 3.05) is 5.73 Å². The summed E-state index contributed by atoms with van der Waals surface area (Å²) in [5, 5.41) is 29.7. The van der Waals surface area contributed by atoms with Crippen LogP contribution in [-0.2, 0) is 14.4 Å². The van der Waals surface area contributed by atoms with Gasteiger partial charge in [-0.05, 0) is 6.92 Å². The lowest BCUT2D eigenvalue weighted by atomic mass is 10.1. The number of aliphatic hydroxyl groups is 2. The van der Waals surface area contributed by atoms with Crippen molar-refractivity contribution >= 4 is 26.4 Å². The third-order valence-corrected chi connectivity index (χ3v) is 3.30. The third kappa shape index (κ3) is 3.91. The van der Waals surface area contributed by atoms with Gasteiger partial charge in [-0.25, -0.2) is 10.2 Å². The molecule has 24 heavy (non-hydrogen) atoms. The van der Waals surface area contributed by atoms with Crippen molar-refractivity contribution in [1.29, 1.82) is 0 Å². The first kappa shape index (κ1) is 20.5. The maximum absolute atomic E-state index is 13.2. The van der Waals surface area contributed by atoms with E-state index in [4.69, 9.17) is 15.7 Å². The van der Waals surface area contributed by atoms with E-state index in [0.717, 1.165) is 0 Å². The summed E-state index contributed by atoms with van der Waals surface area (Å²) in [6.45, 7) is 1.62. The standard InChI is InChI=1S/C10H12FN5O3.H3O3P.H2O/c1-3-5(17)6(18)9(19-3)16-2-13-4-7(12)14-10(11)15-8(4)16;1-2-3-4;/h2-3,5-6,9,17-18H,1H3,(H2,12,14,15);1H,4H2;1H2/t3-,5+,6?,9-;;/m1../s1. The van der Waals surface area contributed by atoms with Crippen LogP contribution in [0.5, 0.6) is 0 Å². The second kappa shape index (κ2) is 8.50. The van der Waals surface area contributed by atoms with Crippen LogP contribution in [0.3, 0.4) is 0 Å². The number of nitrogens with two attached hydrogens (primary N) is 1. The van der Waals surface area contributed by atoms with Gasteiger partial charge in [0.25, 0.3) is 0 Å². The van der Waals surface area contributed by atoms with Crippen molar-refractivity contribution < 1.29 is 39.8 Å². The zero-order valence-electron chi connectivity index (χ0n) is 12.3. The fourth-order valence-electron chi connectivity index (χ4n) is 2.15. The average molecular weight is 369 g/mol. The predicted octanol–water partition coefficient (Wildman–Crippen LogP) is -1.44. The van der Waals surface area contributed by atoms with E-state index in [-0.39, 0.29) is 22.5 Å². The Morgan fingerprint density at radius 2 is 2.00 bits per heavy atom. The third-order valence-electron chi connectivity index (χ3n) is 3.22. The second-order valence-electron chi connectivity index (χ2n) is 4.59. The van der Waals surface area contributed by atoms with E-state index in [1.807, 2.05) is 0 Å². The number of hydrogen-bond acceptors (Lipinski definition) is 10.